The lowest BCUT2D eigenvalue weighted by Crippen LogP contribution is -2.06. The number of benzene rings is 18. The Balaban J connectivity index is 0.000000106. The molecule has 0 aliphatic heterocycles. The summed E-state index contributed by atoms with van der Waals surface area (Å²) in [6.07, 6.45) is 5.63. The summed E-state index contributed by atoms with van der Waals surface area (Å²) in [6.45, 7) is 0. The molecule has 28 aromatic rings. The second kappa shape index (κ2) is 32.8. The number of fused-ring (bicyclic) bond motifs is 19. The third-order valence-electron chi connectivity index (χ3n) is 26.8. The van der Waals surface area contributed by atoms with Gasteiger partial charge in [-0.1, -0.05) is 315 Å². The highest BCUT2D eigenvalue weighted by Gasteiger charge is 2.26. The van der Waals surface area contributed by atoms with Crippen LogP contribution in [0, 0.1) is 0 Å². The highest BCUT2D eigenvalue weighted by molar-refractivity contribution is 6.20. The summed E-state index contributed by atoms with van der Waals surface area (Å²) in [6, 6.07) is 165. The Bertz CT molecular complexity index is 9470. The summed E-state index contributed by atoms with van der Waals surface area (Å²) >= 11 is 0. The first-order valence-corrected chi connectivity index (χ1v) is 46.0. The second-order valence-electron chi connectivity index (χ2n) is 34.4. The fourth-order valence-electron chi connectivity index (χ4n) is 20.8. The van der Waals surface area contributed by atoms with Crippen LogP contribution < -0.4 is 0 Å². The number of nitrogens with zero attached hydrogens (tertiary/aromatic N) is 12. The molecule has 28 rings (SSSR count). The first-order chi connectivity index (χ1) is 67.5. The monoisotopic (exact) mass is 1740 g/mol. The summed E-state index contributed by atoms with van der Waals surface area (Å²) < 4.78 is 13.8. The number of hydrogen-bond acceptors (Lipinski definition) is 6. The van der Waals surface area contributed by atoms with Gasteiger partial charge in [0.2, 0.25) is 5.95 Å². The lowest BCUT2D eigenvalue weighted by atomic mass is 9.98. The molecule has 0 bridgehead atoms. The van der Waals surface area contributed by atoms with Crippen LogP contribution in [0.5, 0.6) is 0 Å². The van der Waals surface area contributed by atoms with Gasteiger partial charge in [0.25, 0.3) is 0 Å². The highest BCUT2D eigenvalue weighted by atomic mass is 15.2. The minimum absolute atomic E-state index is 0.573. The maximum Gasteiger partial charge on any atom is 0.238 e. The van der Waals surface area contributed by atoms with Crippen LogP contribution in [0.1, 0.15) is 0 Å². The van der Waals surface area contributed by atoms with Crippen molar-refractivity contribution < 1.29 is 0 Å². The number of hydrogen-bond donors (Lipinski definition) is 0. The van der Waals surface area contributed by atoms with Gasteiger partial charge in [0.15, 0.2) is 11.6 Å². The molecule has 136 heavy (non-hydrogen) atoms. The minimum Gasteiger partial charge on any atom is -0.309 e. The van der Waals surface area contributed by atoms with Crippen LogP contribution in [0.2, 0.25) is 0 Å². The van der Waals surface area contributed by atoms with Gasteiger partial charge in [-0.05, 0) is 207 Å². The minimum atomic E-state index is 0.573. The van der Waals surface area contributed by atoms with E-state index in [1.165, 1.54) is 110 Å². The van der Waals surface area contributed by atoms with Crippen molar-refractivity contribution in [3.63, 3.8) is 0 Å². The molecule has 0 N–H and O–H groups in total. The normalized spacial score (nSPS) is 11.7. The number of rotatable bonds is 12. The number of pyridine rings is 3. The smallest absolute Gasteiger partial charge is 0.238 e. The predicted molar refractivity (Wildman–Crippen MR) is 562 cm³/mol. The third kappa shape index (κ3) is 13.2. The average molecular weight is 1740 g/mol. The molecule has 0 unspecified atom stereocenters. The maximum absolute atomic E-state index is 5.13. The van der Waals surface area contributed by atoms with Crippen LogP contribution in [-0.4, -0.2) is 57.3 Å². The van der Waals surface area contributed by atoms with E-state index >= 15 is 0 Å². The van der Waals surface area contributed by atoms with Crippen LogP contribution in [0.3, 0.4) is 0 Å². The van der Waals surface area contributed by atoms with E-state index in [1.807, 2.05) is 104 Å². The number of para-hydroxylation sites is 6. The summed E-state index contributed by atoms with van der Waals surface area (Å²) in [7, 11) is 0. The highest BCUT2D eigenvalue weighted by Crippen LogP contribution is 2.47. The van der Waals surface area contributed by atoms with Crippen molar-refractivity contribution in [3.8, 4) is 102 Å². The quantitative estimate of drug-likeness (QED) is 0.121. The lowest BCUT2D eigenvalue weighted by molar-refractivity contribution is 0.953. The average Bonchev–Trinajstić information content (AvgIpc) is 1.58. The number of aromatic nitrogens is 12. The van der Waals surface area contributed by atoms with Crippen molar-refractivity contribution in [2.75, 3.05) is 0 Å². The summed E-state index contributed by atoms with van der Waals surface area (Å²) in [4.78, 5) is 29.8. The molecule has 0 aliphatic rings. The second-order valence-corrected chi connectivity index (χ2v) is 34.4. The van der Waals surface area contributed by atoms with E-state index in [0.717, 1.165) is 116 Å². The van der Waals surface area contributed by atoms with E-state index in [9.17, 15) is 0 Å². The van der Waals surface area contributed by atoms with Gasteiger partial charge in [-0.15, -0.1) is 0 Å². The van der Waals surface area contributed by atoms with E-state index in [1.54, 1.807) is 0 Å². The maximum atomic E-state index is 5.13. The first-order valence-electron chi connectivity index (χ1n) is 46.0. The molecule has 10 aromatic heterocycles. The molecule has 12 heteroatoms. The molecule has 0 saturated heterocycles. The van der Waals surface area contributed by atoms with E-state index in [0.29, 0.717) is 17.6 Å². The van der Waals surface area contributed by atoms with Crippen LogP contribution >= 0.6 is 0 Å². The Kier molecular flexibility index (Phi) is 19.0. The Morgan fingerprint density at radius 2 is 0.449 bits per heavy atom. The molecule has 18 aromatic carbocycles. The van der Waals surface area contributed by atoms with Gasteiger partial charge in [0.05, 0.1) is 49.7 Å². The van der Waals surface area contributed by atoms with Crippen molar-refractivity contribution in [1.29, 1.82) is 0 Å². The summed E-state index contributed by atoms with van der Waals surface area (Å²) in [5.74, 6) is 1.83. The molecule has 0 fully saturated rings. The molecular weight excluding hydrogens is 1660 g/mol. The van der Waals surface area contributed by atoms with E-state index in [2.05, 4.69) is 410 Å². The Hall–Kier alpha value is -18.5. The van der Waals surface area contributed by atoms with E-state index < -0.39 is 0 Å². The van der Waals surface area contributed by atoms with Gasteiger partial charge in [-0.2, -0.15) is 9.97 Å². The molecule has 0 amide bonds. The Labute approximate surface area is 781 Å². The van der Waals surface area contributed by atoms with Gasteiger partial charge in [0.1, 0.15) is 16.9 Å². The topological polar surface area (TPSA) is 107 Å². The zero-order valence-corrected chi connectivity index (χ0v) is 73.6. The summed E-state index contributed by atoms with van der Waals surface area (Å²) in [5, 5.41) is 16.8. The zero-order chi connectivity index (χ0) is 89.7. The Morgan fingerprint density at radius 3 is 0.860 bits per heavy atom. The van der Waals surface area contributed by atoms with Crippen LogP contribution in [0.25, 0.3) is 244 Å². The van der Waals surface area contributed by atoms with Crippen LogP contribution in [0.15, 0.2) is 486 Å². The molecule has 0 spiro atoms. The SMILES string of the molecule is c1ccc(-c2ccc(-n3c4ccccc4c4ccc(-c5cccc6c5c5cccnc5n6-c5ccccc5)cc43)cc2)cc1.c1ccc(-c2nc(-c3ccccc3)nc(-n3c4ccccc4c4ccc(-c5cccc6c5c5cccnc5n6-c5ccccc5)cc43)n2)cc1.c1ccc(-n2c3cccc(-c4ccc5c6ccccc6n(-c6ccc7ccccc7c6)c5c4)c3c3cccnc32)cc1. The Morgan fingerprint density at radius 1 is 0.154 bits per heavy atom. The van der Waals surface area contributed by atoms with Crippen LogP contribution in [0.4, 0.5) is 0 Å². The zero-order valence-electron chi connectivity index (χ0n) is 73.6. The van der Waals surface area contributed by atoms with E-state index in [-0.39, 0.29) is 0 Å². The molecule has 0 atom stereocenters. The van der Waals surface area contributed by atoms with Crippen molar-refractivity contribution >= 4 is 142 Å². The third-order valence-corrected chi connectivity index (χ3v) is 26.8. The van der Waals surface area contributed by atoms with Crippen LogP contribution in [-0.2, 0) is 0 Å². The van der Waals surface area contributed by atoms with Gasteiger partial charge in [0, 0.05) is 123 Å². The fraction of sp³-hybridized carbons (Fsp3) is 0. The molecule has 0 saturated carbocycles. The van der Waals surface area contributed by atoms with Gasteiger partial charge >= 0.3 is 0 Å². The standard InChI is InChI=1S/C44H28N6.C41H27N3.C39H25N3/c1-4-14-29(15-5-1)41-46-42(30-16-6-2-7-17-30)48-44(47-41)50-37-23-11-10-20-34(37)35-26-25-31(28-39(35)50)33-21-12-24-38-40(33)36-22-13-27-45-43(36)49(38)32-18-8-3-9-19-32;1-3-11-28(12-4-1)29-20-23-32(24-21-29)43-37-18-8-7-15-34(37)35-25-22-30(27-39(35)43)33-16-9-19-38-40(33)36-17-10-26-42-41(36)44(38)31-13-5-2-6-14-31;1-2-12-29(13-3-1)42-36-18-8-15-31(38(36)34-16-9-23-40-39(34)42)28-20-22-33-32-14-6-7-17-35(32)41(37(33)25-28)30-21-19-26-10-4-5-11-27(26)24-30/h1-28H;1-27H;1-25H. The molecule has 0 radical (unpaired) electrons. The van der Waals surface area contributed by atoms with Gasteiger partial charge < -0.3 is 9.13 Å². The first kappa shape index (κ1) is 78.5. The van der Waals surface area contributed by atoms with Crippen molar-refractivity contribution in [1.82, 2.24) is 57.3 Å². The van der Waals surface area contributed by atoms with Crippen molar-refractivity contribution in [2.45, 2.75) is 0 Å². The van der Waals surface area contributed by atoms with Gasteiger partial charge in [-0.3, -0.25) is 18.3 Å². The van der Waals surface area contributed by atoms with Crippen molar-refractivity contribution in [3.05, 3.63) is 486 Å². The predicted octanol–water partition coefficient (Wildman–Crippen LogP) is 31.2. The molecule has 12 nitrogen and oxygen atoms in total. The van der Waals surface area contributed by atoms with Crippen molar-refractivity contribution in [2.24, 2.45) is 0 Å². The molecule has 10 heterocycles. The lowest BCUT2D eigenvalue weighted by Gasteiger charge is -2.12. The molecule has 636 valence electrons. The fourth-order valence-corrected chi connectivity index (χ4v) is 20.8. The molecular formula is C124H80N12. The largest absolute Gasteiger partial charge is 0.309 e. The molecule has 0 aliphatic carbocycles. The summed E-state index contributed by atoms with van der Waals surface area (Å²) in [5.41, 5.74) is 30.1. The van der Waals surface area contributed by atoms with Gasteiger partial charge in [-0.25, -0.2) is 19.9 Å². The van der Waals surface area contributed by atoms with E-state index in [4.69, 9.17) is 29.9 Å².